The molecule has 1 amide bonds. The van der Waals surface area contributed by atoms with Crippen LogP contribution in [0.3, 0.4) is 0 Å². The zero-order chi connectivity index (χ0) is 15.3. The first-order chi connectivity index (χ1) is 9.42. The Balaban J connectivity index is 3.44. The summed E-state index contributed by atoms with van der Waals surface area (Å²) in [6.45, 7) is 1.51. The molecule has 0 bridgehead atoms. The van der Waals surface area contributed by atoms with Crippen LogP contribution in [-0.2, 0) is 4.79 Å². The summed E-state index contributed by atoms with van der Waals surface area (Å²) in [5.41, 5.74) is 1.98. The Morgan fingerprint density at radius 3 is 2.20 bits per heavy atom. The molecule has 104 valence electrons. The number of likely N-dealkylation sites (N-methyl/N-ethyl adjacent to an activating group) is 1. The molecule has 0 spiro atoms. The Morgan fingerprint density at radius 2 is 1.85 bits per heavy atom. The molecule has 0 fully saturated rings. The Kier molecular flexibility index (Phi) is 5.04. The van der Waals surface area contributed by atoms with Gasteiger partial charge in [0, 0.05) is 32.5 Å². The van der Waals surface area contributed by atoms with E-state index in [0.29, 0.717) is 5.56 Å². The van der Waals surface area contributed by atoms with Crippen molar-refractivity contribution in [3.8, 4) is 6.07 Å². The van der Waals surface area contributed by atoms with E-state index in [9.17, 15) is 10.1 Å². The van der Waals surface area contributed by atoms with Gasteiger partial charge in [-0.15, -0.1) is 0 Å². The zero-order valence-electron chi connectivity index (χ0n) is 12.1. The van der Waals surface area contributed by atoms with E-state index in [2.05, 4.69) is 5.32 Å². The number of anilines is 1. The second-order valence-corrected chi connectivity index (χ2v) is 4.51. The van der Waals surface area contributed by atoms with Gasteiger partial charge in [0.25, 0.3) is 5.91 Å². The number of benzene rings is 1. The van der Waals surface area contributed by atoms with Gasteiger partial charge in [0.15, 0.2) is 0 Å². The van der Waals surface area contributed by atoms with Crippen molar-refractivity contribution in [3.05, 3.63) is 35.4 Å². The lowest BCUT2D eigenvalue weighted by Crippen LogP contribution is -2.27. The first-order valence-electron chi connectivity index (χ1n) is 6.12. The summed E-state index contributed by atoms with van der Waals surface area (Å²) in [7, 11) is 5.01. The highest BCUT2D eigenvalue weighted by Crippen LogP contribution is 2.22. The quantitative estimate of drug-likeness (QED) is 0.499. The smallest absolute Gasteiger partial charge is 0.256 e. The Labute approximate surface area is 119 Å². The zero-order valence-corrected chi connectivity index (χ0v) is 12.1. The number of nitriles is 1. The van der Waals surface area contributed by atoms with E-state index in [1.807, 2.05) is 18.2 Å². The van der Waals surface area contributed by atoms with Crippen LogP contribution in [0.2, 0.25) is 0 Å². The number of carbonyl (C=O) groups excluding carboxylic acids is 1. The van der Waals surface area contributed by atoms with Crippen LogP contribution in [-0.4, -0.2) is 37.7 Å². The second-order valence-electron chi connectivity index (χ2n) is 4.51. The lowest BCUT2D eigenvalue weighted by atomic mass is 9.97. The van der Waals surface area contributed by atoms with Gasteiger partial charge < -0.3 is 15.6 Å². The minimum absolute atomic E-state index is 0.0814. The Morgan fingerprint density at radius 1 is 1.30 bits per heavy atom. The number of rotatable bonds is 4. The van der Waals surface area contributed by atoms with Gasteiger partial charge in [-0.1, -0.05) is 12.1 Å². The van der Waals surface area contributed by atoms with E-state index in [1.54, 1.807) is 33.3 Å². The molecule has 0 aromatic heterocycles. The molecule has 5 nitrogen and oxygen atoms in total. The van der Waals surface area contributed by atoms with Crippen molar-refractivity contribution < 1.29 is 4.79 Å². The molecule has 0 unspecified atom stereocenters. The topological polar surface area (TPSA) is 80.0 Å². The van der Waals surface area contributed by atoms with Crippen molar-refractivity contribution in [1.29, 1.82) is 10.7 Å². The van der Waals surface area contributed by atoms with E-state index in [-0.39, 0.29) is 22.8 Å². The summed E-state index contributed by atoms with van der Waals surface area (Å²) in [5, 5.41) is 20.1. The lowest BCUT2D eigenvalue weighted by Gasteiger charge is -2.15. The lowest BCUT2D eigenvalue weighted by molar-refractivity contribution is -0.124. The maximum atomic E-state index is 12.1. The molecule has 20 heavy (non-hydrogen) atoms. The number of nitrogens with zero attached hydrogens (tertiary/aromatic N) is 2. The first-order valence-corrected chi connectivity index (χ1v) is 6.12. The monoisotopic (exact) mass is 270 g/mol. The largest absolute Gasteiger partial charge is 0.388 e. The molecule has 0 saturated carbocycles. The van der Waals surface area contributed by atoms with Crippen molar-refractivity contribution in [2.45, 2.75) is 6.92 Å². The summed E-state index contributed by atoms with van der Waals surface area (Å²) < 4.78 is 0. The number of nitrogens with one attached hydrogen (secondary N) is 2. The van der Waals surface area contributed by atoms with Crippen LogP contribution in [0.4, 0.5) is 5.69 Å². The molecule has 0 radical (unpaired) electrons. The predicted octanol–water partition coefficient (Wildman–Crippen LogP) is 2.13. The maximum Gasteiger partial charge on any atom is 0.256 e. The molecule has 0 saturated heterocycles. The molecule has 5 heteroatoms. The molecule has 1 rings (SSSR count). The number of hydrogen-bond acceptors (Lipinski definition) is 4. The highest BCUT2D eigenvalue weighted by atomic mass is 16.2. The molecular formula is C15H18N4O. The van der Waals surface area contributed by atoms with Crippen molar-refractivity contribution in [2.24, 2.45) is 0 Å². The fourth-order valence-corrected chi connectivity index (χ4v) is 1.75. The number of hydrogen-bond donors (Lipinski definition) is 2. The number of amides is 1. The third kappa shape index (κ3) is 3.23. The maximum absolute atomic E-state index is 12.1. The van der Waals surface area contributed by atoms with Gasteiger partial charge in [-0.3, -0.25) is 4.79 Å². The highest BCUT2D eigenvalue weighted by molar-refractivity contribution is 6.25. The van der Waals surface area contributed by atoms with E-state index >= 15 is 0 Å². The Bertz CT molecular complexity index is 591. The minimum Gasteiger partial charge on any atom is -0.388 e. The van der Waals surface area contributed by atoms with Gasteiger partial charge in [0.1, 0.15) is 6.07 Å². The highest BCUT2D eigenvalue weighted by Gasteiger charge is 2.20. The first kappa shape index (κ1) is 15.4. The molecule has 0 aliphatic carbocycles. The molecule has 0 aliphatic heterocycles. The van der Waals surface area contributed by atoms with E-state index in [1.165, 1.54) is 11.8 Å². The molecular weight excluding hydrogens is 252 g/mol. The number of allylic oxidation sites excluding steroid dienone is 1. The average Bonchev–Trinajstić information content (AvgIpc) is 2.43. The van der Waals surface area contributed by atoms with Crippen molar-refractivity contribution >= 4 is 22.9 Å². The molecule has 1 aromatic rings. The summed E-state index contributed by atoms with van der Waals surface area (Å²) >= 11 is 0. The standard InChI is InChI=1S/C15H18N4O/c1-10(17)14(15(20)19(3)4)13(9-16)11-5-7-12(18-2)8-6-11/h5-8,17-18H,1-4H3/b14-13+,17-10?. The molecule has 0 atom stereocenters. The molecule has 0 heterocycles. The third-order valence-electron chi connectivity index (χ3n) is 2.82. The van der Waals surface area contributed by atoms with Gasteiger partial charge in [-0.2, -0.15) is 5.26 Å². The summed E-state index contributed by atoms with van der Waals surface area (Å²) in [6.07, 6.45) is 0. The van der Waals surface area contributed by atoms with Crippen LogP contribution in [0.5, 0.6) is 0 Å². The van der Waals surface area contributed by atoms with Crippen molar-refractivity contribution in [3.63, 3.8) is 0 Å². The number of carbonyl (C=O) groups is 1. The fourth-order valence-electron chi connectivity index (χ4n) is 1.75. The van der Waals surface area contributed by atoms with E-state index < -0.39 is 0 Å². The van der Waals surface area contributed by atoms with Gasteiger partial charge in [-0.05, 0) is 24.6 Å². The molecule has 1 aromatic carbocycles. The van der Waals surface area contributed by atoms with Crippen LogP contribution < -0.4 is 5.32 Å². The van der Waals surface area contributed by atoms with Crippen LogP contribution in [0.1, 0.15) is 12.5 Å². The van der Waals surface area contributed by atoms with Crippen LogP contribution in [0, 0.1) is 16.7 Å². The van der Waals surface area contributed by atoms with E-state index in [4.69, 9.17) is 5.41 Å². The average molecular weight is 270 g/mol. The van der Waals surface area contributed by atoms with Crippen molar-refractivity contribution in [2.75, 3.05) is 26.5 Å². The van der Waals surface area contributed by atoms with Gasteiger partial charge in [0.05, 0.1) is 11.1 Å². The van der Waals surface area contributed by atoms with Crippen LogP contribution in [0.25, 0.3) is 5.57 Å². The van der Waals surface area contributed by atoms with Gasteiger partial charge in [-0.25, -0.2) is 0 Å². The summed E-state index contributed by atoms with van der Waals surface area (Å²) in [5.74, 6) is -0.341. The van der Waals surface area contributed by atoms with Crippen molar-refractivity contribution in [1.82, 2.24) is 4.90 Å². The second kappa shape index (κ2) is 6.53. The summed E-state index contributed by atoms with van der Waals surface area (Å²) in [4.78, 5) is 13.5. The normalized spacial score (nSPS) is 11.2. The summed E-state index contributed by atoms with van der Waals surface area (Å²) in [6, 6.07) is 9.21. The fraction of sp³-hybridized carbons (Fsp3) is 0.267. The molecule has 2 N–H and O–H groups in total. The third-order valence-corrected chi connectivity index (χ3v) is 2.82. The molecule has 0 aliphatic rings. The predicted molar refractivity (Wildman–Crippen MR) is 80.6 cm³/mol. The minimum atomic E-state index is -0.341. The van der Waals surface area contributed by atoms with Crippen LogP contribution >= 0.6 is 0 Å². The van der Waals surface area contributed by atoms with Gasteiger partial charge in [0.2, 0.25) is 0 Å². The van der Waals surface area contributed by atoms with Gasteiger partial charge >= 0.3 is 0 Å². The van der Waals surface area contributed by atoms with E-state index in [0.717, 1.165) is 5.69 Å². The SMILES string of the molecule is CNc1ccc(/C(C#N)=C(\C(C)=N)C(=O)N(C)C)cc1. The Hall–Kier alpha value is -2.61. The van der Waals surface area contributed by atoms with Crippen LogP contribution in [0.15, 0.2) is 29.8 Å².